The molecule has 2 rings (SSSR count). The molecule has 19 heavy (non-hydrogen) atoms. The van der Waals surface area contributed by atoms with Crippen LogP contribution in [0.3, 0.4) is 0 Å². The number of nitrogens with zero attached hydrogens (tertiary/aromatic N) is 3. The molecular weight excluding hydrogens is 335 g/mol. The molecule has 0 spiro atoms. The van der Waals surface area contributed by atoms with E-state index in [4.69, 9.17) is 11.6 Å². The third-order valence-electron chi connectivity index (χ3n) is 2.97. The van der Waals surface area contributed by atoms with Gasteiger partial charge in [0.05, 0.1) is 22.4 Å². The van der Waals surface area contributed by atoms with E-state index in [1.165, 1.54) is 12.1 Å². The van der Waals surface area contributed by atoms with Crippen molar-refractivity contribution < 1.29 is 4.39 Å². The van der Waals surface area contributed by atoms with Crippen molar-refractivity contribution in [2.45, 2.75) is 19.9 Å². The van der Waals surface area contributed by atoms with Gasteiger partial charge in [0.2, 0.25) is 0 Å². The lowest BCUT2D eigenvalue weighted by atomic mass is 10.2. The Morgan fingerprint density at radius 1 is 1.47 bits per heavy atom. The predicted octanol–water partition coefficient (Wildman–Crippen LogP) is 3.41. The van der Waals surface area contributed by atoms with E-state index in [2.05, 4.69) is 31.6 Å². The van der Waals surface area contributed by atoms with Gasteiger partial charge in [-0.2, -0.15) is 0 Å². The maximum absolute atomic E-state index is 13.2. The molecule has 1 aromatic heterocycles. The summed E-state index contributed by atoms with van der Waals surface area (Å²) in [5.74, 6) is -0.401. The SMILES string of the molecule is CNC(C)c1nnn(-c2c(Cl)cc(F)cc2Br)c1C. The molecule has 1 unspecified atom stereocenters. The predicted molar refractivity (Wildman–Crippen MR) is 76.2 cm³/mol. The minimum Gasteiger partial charge on any atom is -0.312 e. The second-order valence-corrected chi connectivity index (χ2v) is 5.46. The van der Waals surface area contributed by atoms with Crippen LogP contribution in [0.2, 0.25) is 5.02 Å². The number of benzene rings is 1. The molecule has 0 bridgehead atoms. The highest BCUT2D eigenvalue weighted by molar-refractivity contribution is 9.10. The summed E-state index contributed by atoms with van der Waals surface area (Å²) >= 11 is 9.39. The lowest BCUT2D eigenvalue weighted by Gasteiger charge is -2.11. The normalized spacial score (nSPS) is 12.7. The lowest BCUT2D eigenvalue weighted by Crippen LogP contribution is -2.14. The molecule has 4 nitrogen and oxygen atoms in total. The largest absolute Gasteiger partial charge is 0.312 e. The van der Waals surface area contributed by atoms with Crippen LogP contribution in [0.25, 0.3) is 5.69 Å². The van der Waals surface area contributed by atoms with Gasteiger partial charge >= 0.3 is 0 Å². The van der Waals surface area contributed by atoms with E-state index in [9.17, 15) is 4.39 Å². The molecular formula is C12H13BrClFN4. The van der Waals surface area contributed by atoms with Crippen molar-refractivity contribution in [2.75, 3.05) is 7.05 Å². The highest BCUT2D eigenvalue weighted by Crippen LogP contribution is 2.31. The zero-order chi connectivity index (χ0) is 14.2. The van der Waals surface area contributed by atoms with E-state index in [0.29, 0.717) is 10.2 Å². The van der Waals surface area contributed by atoms with E-state index < -0.39 is 5.82 Å². The second kappa shape index (κ2) is 5.56. The van der Waals surface area contributed by atoms with Crippen LogP contribution in [0.1, 0.15) is 24.4 Å². The summed E-state index contributed by atoms with van der Waals surface area (Å²) in [5, 5.41) is 11.6. The number of nitrogens with one attached hydrogen (secondary N) is 1. The van der Waals surface area contributed by atoms with Crippen molar-refractivity contribution in [3.05, 3.63) is 38.8 Å². The molecule has 1 N–H and O–H groups in total. The van der Waals surface area contributed by atoms with Crippen LogP contribution in [0, 0.1) is 12.7 Å². The van der Waals surface area contributed by atoms with E-state index >= 15 is 0 Å². The van der Waals surface area contributed by atoms with Crippen molar-refractivity contribution in [3.63, 3.8) is 0 Å². The van der Waals surface area contributed by atoms with Gasteiger partial charge in [-0.25, -0.2) is 9.07 Å². The Morgan fingerprint density at radius 2 is 2.16 bits per heavy atom. The number of hydrogen-bond acceptors (Lipinski definition) is 3. The van der Waals surface area contributed by atoms with Crippen LogP contribution in [-0.4, -0.2) is 22.0 Å². The van der Waals surface area contributed by atoms with Gasteiger partial charge in [0.25, 0.3) is 0 Å². The van der Waals surface area contributed by atoms with Gasteiger partial charge in [-0.1, -0.05) is 16.8 Å². The zero-order valence-corrected chi connectivity index (χ0v) is 13.0. The van der Waals surface area contributed by atoms with E-state index in [0.717, 1.165) is 11.4 Å². The number of halogens is 3. The second-order valence-electron chi connectivity index (χ2n) is 4.20. The number of rotatable bonds is 3. The first-order chi connectivity index (χ1) is 8.95. The highest BCUT2D eigenvalue weighted by Gasteiger charge is 2.18. The zero-order valence-electron chi connectivity index (χ0n) is 10.7. The number of aromatic nitrogens is 3. The van der Waals surface area contributed by atoms with Crippen LogP contribution >= 0.6 is 27.5 Å². The molecule has 0 saturated heterocycles. The maximum atomic E-state index is 13.2. The molecule has 0 aliphatic heterocycles. The Balaban J connectivity index is 2.58. The fourth-order valence-corrected chi connectivity index (χ4v) is 2.83. The monoisotopic (exact) mass is 346 g/mol. The fraction of sp³-hybridized carbons (Fsp3) is 0.333. The molecule has 0 radical (unpaired) electrons. The molecule has 1 aromatic carbocycles. The topological polar surface area (TPSA) is 42.7 Å². The van der Waals surface area contributed by atoms with Crippen LogP contribution in [0.5, 0.6) is 0 Å². The maximum Gasteiger partial charge on any atom is 0.125 e. The molecule has 0 aliphatic rings. The Bertz CT molecular complexity index is 591. The summed E-state index contributed by atoms with van der Waals surface area (Å²) in [7, 11) is 1.85. The van der Waals surface area contributed by atoms with Crippen molar-refractivity contribution in [3.8, 4) is 5.69 Å². The van der Waals surface area contributed by atoms with Crippen molar-refractivity contribution in [1.29, 1.82) is 0 Å². The minimum absolute atomic E-state index is 0.0757. The molecule has 7 heteroatoms. The average Bonchev–Trinajstić information content (AvgIpc) is 2.69. The summed E-state index contributed by atoms with van der Waals surface area (Å²) in [6, 6.07) is 2.68. The molecule has 102 valence electrons. The van der Waals surface area contributed by atoms with Gasteiger partial charge in [0.15, 0.2) is 0 Å². The summed E-state index contributed by atoms with van der Waals surface area (Å²) in [6.07, 6.45) is 0. The molecule has 0 amide bonds. The summed E-state index contributed by atoms with van der Waals surface area (Å²) in [6.45, 7) is 3.89. The van der Waals surface area contributed by atoms with Crippen molar-refractivity contribution >= 4 is 27.5 Å². The molecule has 0 fully saturated rings. The number of hydrogen-bond donors (Lipinski definition) is 1. The van der Waals surface area contributed by atoms with Crippen LogP contribution in [-0.2, 0) is 0 Å². The lowest BCUT2D eigenvalue weighted by molar-refractivity contribution is 0.625. The standard InChI is InChI=1S/C12H13BrClFN4/c1-6(16-3)11-7(2)19(18-17-11)12-9(13)4-8(15)5-10(12)14/h4-6,16H,1-3H3. The van der Waals surface area contributed by atoms with Crippen molar-refractivity contribution in [2.24, 2.45) is 0 Å². The molecule has 2 aromatic rings. The van der Waals surface area contributed by atoms with Gasteiger partial charge in [-0.3, -0.25) is 0 Å². The van der Waals surface area contributed by atoms with Crippen LogP contribution in [0.15, 0.2) is 16.6 Å². The molecule has 1 heterocycles. The minimum atomic E-state index is -0.401. The molecule has 0 aliphatic carbocycles. The highest BCUT2D eigenvalue weighted by atomic mass is 79.9. The third-order valence-corrected chi connectivity index (χ3v) is 3.86. The molecule has 1 atom stereocenters. The molecule has 0 saturated carbocycles. The van der Waals surface area contributed by atoms with Crippen LogP contribution < -0.4 is 5.32 Å². The Hall–Kier alpha value is -0.980. The Labute approximate surface area is 124 Å². The first kappa shape index (κ1) is 14.4. The fourth-order valence-electron chi connectivity index (χ4n) is 1.83. The summed E-state index contributed by atoms with van der Waals surface area (Å²) < 4.78 is 15.4. The summed E-state index contributed by atoms with van der Waals surface area (Å²) in [5.41, 5.74) is 2.27. The first-order valence-corrected chi connectivity index (χ1v) is 6.87. The Kier molecular flexibility index (Phi) is 4.23. The Morgan fingerprint density at radius 3 is 2.74 bits per heavy atom. The van der Waals surface area contributed by atoms with Gasteiger partial charge < -0.3 is 5.32 Å². The van der Waals surface area contributed by atoms with Crippen LogP contribution in [0.4, 0.5) is 4.39 Å². The third kappa shape index (κ3) is 2.66. The van der Waals surface area contributed by atoms with Gasteiger partial charge in [-0.05, 0) is 49.0 Å². The van der Waals surface area contributed by atoms with Gasteiger partial charge in [0, 0.05) is 4.47 Å². The van der Waals surface area contributed by atoms with Gasteiger partial charge in [0.1, 0.15) is 11.5 Å². The van der Waals surface area contributed by atoms with E-state index in [-0.39, 0.29) is 11.1 Å². The summed E-state index contributed by atoms with van der Waals surface area (Å²) in [4.78, 5) is 0. The van der Waals surface area contributed by atoms with Crippen molar-refractivity contribution in [1.82, 2.24) is 20.3 Å². The average molecular weight is 348 g/mol. The quantitative estimate of drug-likeness (QED) is 0.925. The van der Waals surface area contributed by atoms with E-state index in [1.807, 2.05) is 20.9 Å². The van der Waals surface area contributed by atoms with Gasteiger partial charge in [-0.15, -0.1) is 5.10 Å². The van der Waals surface area contributed by atoms with E-state index in [1.54, 1.807) is 4.68 Å². The smallest absolute Gasteiger partial charge is 0.125 e. The first-order valence-electron chi connectivity index (χ1n) is 5.70.